The highest BCUT2D eigenvalue weighted by Gasteiger charge is 2.15. The molecule has 1 N–H and O–H groups in total. The van der Waals surface area contributed by atoms with Gasteiger partial charge in [0, 0.05) is 6.54 Å². The second kappa shape index (κ2) is 9.29. The van der Waals surface area contributed by atoms with Gasteiger partial charge in [-0.2, -0.15) is 0 Å². The maximum absolute atomic E-state index is 13.2. The van der Waals surface area contributed by atoms with Crippen molar-refractivity contribution in [1.82, 2.24) is 10.2 Å². The molecule has 0 radical (unpaired) electrons. The molecule has 0 saturated heterocycles. The molecule has 3 aromatic rings. The van der Waals surface area contributed by atoms with Crippen molar-refractivity contribution >= 4 is 5.91 Å². The molecule has 0 unspecified atom stereocenters. The van der Waals surface area contributed by atoms with E-state index in [0.29, 0.717) is 13.0 Å². The number of rotatable bonds is 7. The lowest BCUT2D eigenvalue weighted by Crippen LogP contribution is -2.35. The Labute approximate surface area is 165 Å². The summed E-state index contributed by atoms with van der Waals surface area (Å²) in [6.45, 7) is 0.472. The van der Waals surface area contributed by atoms with E-state index in [9.17, 15) is 9.18 Å². The van der Waals surface area contributed by atoms with Crippen LogP contribution in [0.1, 0.15) is 17.2 Å². The highest BCUT2D eigenvalue weighted by molar-refractivity contribution is 5.79. The molecule has 1 atom stereocenters. The van der Waals surface area contributed by atoms with E-state index in [4.69, 9.17) is 0 Å². The maximum Gasteiger partial charge on any atom is 0.224 e. The lowest BCUT2D eigenvalue weighted by Gasteiger charge is -2.25. The molecule has 3 rings (SSSR count). The largest absolute Gasteiger partial charge is 0.354 e. The molecular weight excluding hydrogens is 351 g/mol. The zero-order chi connectivity index (χ0) is 19.9. The van der Waals surface area contributed by atoms with Gasteiger partial charge in [-0.1, -0.05) is 66.7 Å². The number of carbonyl (C=O) groups excluding carboxylic acids is 1. The molecule has 0 fully saturated rings. The summed E-state index contributed by atoms with van der Waals surface area (Å²) >= 11 is 0. The lowest BCUT2D eigenvalue weighted by atomic mass is 10.0. The first kappa shape index (κ1) is 19.8. The van der Waals surface area contributed by atoms with E-state index >= 15 is 0 Å². The minimum atomic E-state index is -0.260. The van der Waals surface area contributed by atoms with Gasteiger partial charge >= 0.3 is 0 Å². The van der Waals surface area contributed by atoms with Gasteiger partial charge in [0.2, 0.25) is 5.91 Å². The fraction of sp³-hybridized carbons (Fsp3) is 0.208. The van der Waals surface area contributed by atoms with Crippen molar-refractivity contribution in [2.75, 3.05) is 20.6 Å². The molecule has 0 heterocycles. The Morgan fingerprint density at radius 2 is 1.50 bits per heavy atom. The Kier molecular flexibility index (Phi) is 6.56. The van der Waals surface area contributed by atoms with Crippen molar-refractivity contribution in [3.05, 3.63) is 95.8 Å². The number of hydrogen-bond donors (Lipinski definition) is 1. The predicted octanol–water partition coefficient (Wildman–Crippen LogP) is 4.45. The van der Waals surface area contributed by atoms with Crippen LogP contribution in [0.2, 0.25) is 0 Å². The Hall–Kier alpha value is -2.98. The number of amides is 1. The molecule has 3 aromatic carbocycles. The van der Waals surface area contributed by atoms with Crippen LogP contribution in [0.15, 0.2) is 78.9 Å². The van der Waals surface area contributed by atoms with E-state index < -0.39 is 0 Å². The summed E-state index contributed by atoms with van der Waals surface area (Å²) < 4.78 is 13.2. The van der Waals surface area contributed by atoms with Crippen molar-refractivity contribution in [2.24, 2.45) is 0 Å². The molecular formula is C24H25FN2O. The minimum absolute atomic E-state index is 0.00925. The molecule has 0 aliphatic heterocycles. The second-order valence-corrected chi connectivity index (χ2v) is 7.07. The zero-order valence-corrected chi connectivity index (χ0v) is 16.2. The number of benzene rings is 3. The van der Waals surface area contributed by atoms with Crippen molar-refractivity contribution < 1.29 is 9.18 Å². The fourth-order valence-corrected chi connectivity index (χ4v) is 3.19. The summed E-state index contributed by atoms with van der Waals surface area (Å²) in [4.78, 5) is 14.4. The van der Waals surface area contributed by atoms with Crippen LogP contribution in [0, 0.1) is 5.82 Å². The first-order valence-corrected chi connectivity index (χ1v) is 9.36. The summed E-state index contributed by atoms with van der Waals surface area (Å²) in [7, 11) is 3.89. The zero-order valence-electron chi connectivity index (χ0n) is 16.2. The average molecular weight is 376 g/mol. The van der Waals surface area contributed by atoms with Gasteiger partial charge in [0.1, 0.15) is 5.82 Å². The quantitative estimate of drug-likeness (QED) is 0.661. The summed E-state index contributed by atoms with van der Waals surface area (Å²) in [6.07, 6.45) is 0.332. The molecule has 0 aliphatic rings. The van der Waals surface area contributed by atoms with Crippen molar-refractivity contribution in [3.8, 4) is 11.1 Å². The molecule has 1 amide bonds. The van der Waals surface area contributed by atoms with E-state index in [-0.39, 0.29) is 17.8 Å². The number of nitrogens with zero attached hydrogens (tertiary/aromatic N) is 1. The molecule has 0 aliphatic carbocycles. The van der Waals surface area contributed by atoms with Crippen molar-refractivity contribution in [2.45, 2.75) is 12.5 Å². The molecule has 144 valence electrons. The van der Waals surface area contributed by atoms with Gasteiger partial charge in [-0.3, -0.25) is 4.79 Å². The molecule has 0 spiro atoms. The maximum atomic E-state index is 13.2. The van der Waals surface area contributed by atoms with Crippen LogP contribution in [-0.2, 0) is 11.2 Å². The number of likely N-dealkylation sites (N-methyl/N-ethyl adjacent to an activating group) is 1. The number of nitrogens with one attached hydrogen (secondary N) is 1. The van der Waals surface area contributed by atoms with E-state index in [2.05, 4.69) is 17.4 Å². The van der Waals surface area contributed by atoms with E-state index in [1.807, 2.05) is 61.5 Å². The normalized spacial score (nSPS) is 12.0. The van der Waals surface area contributed by atoms with Crippen LogP contribution >= 0.6 is 0 Å². The van der Waals surface area contributed by atoms with Gasteiger partial charge in [-0.05, 0) is 48.5 Å². The van der Waals surface area contributed by atoms with Gasteiger partial charge in [0.05, 0.1) is 12.5 Å². The first-order valence-electron chi connectivity index (χ1n) is 9.36. The van der Waals surface area contributed by atoms with E-state index in [1.54, 1.807) is 12.1 Å². The molecule has 0 saturated carbocycles. The van der Waals surface area contributed by atoms with Gasteiger partial charge < -0.3 is 10.2 Å². The number of halogens is 1. The Bertz CT molecular complexity index is 890. The molecule has 0 bridgehead atoms. The molecule has 3 nitrogen and oxygen atoms in total. The van der Waals surface area contributed by atoms with E-state index in [1.165, 1.54) is 12.1 Å². The smallest absolute Gasteiger partial charge is 0.224 e. The number of carbonyl (C=O) groups is 1. The van der Waals surface area contributed by atoms with Crippen LogP contribution in [0.3, 0.4) is 0 Å². The van der Waals surface area contributed by atoms with Crippen LogP contribution in [0.4, 0.5) is 4.39 Å². The Morgan fingerprint density at radius 3 is 2.11 bits per heavy atom. The third-order valence-electron chi connectivity index (χ3n) is 4.80. The van der Waals surface area contributed by atoms with Crippen molar-refractivity contribution in [1.29, 1.82) is 0 Å². The van der Waals surface area contributed by atoms with Crippen LogP contribution < -0.4 is 5.32 Å². The van der Waals surface area contributed by atoms with Crippen LogP contribution in [0.5, 0.6) is 0 Å². The first-order chi connectivity index (χ1) is 13.5. The Morgan fingerprint density at radius 1 is 0.893 bits per heavy atom. The standard InChI is InChI=1S/C24H25FN2O/c1-27(2)23(21-12-14-22(25)15-13-21)17-26-24(28)16-18-8-10-20(11-9-18)19-6-4-3-5-7-19/h3-15,23H,16-17H2,1-2H3,(H,26,28)/t23-/m1/s1. The average Bonchev–Trinajstić information content (AvgIpc) is 2.70. The number of hydrogen-bond acceptors (Lipinski definition) is 2. The highest BCUT2D eigenvalue weighted by atomic mass is 19.1. The fourth-order valence-electron chi connectivity index (χ4n) is 3.19. The van der Waals surface area contributed by atoms with Gasteiger partial charge in [-0.25, -0.2) is 4.39 Å². The lowest BCUT2D eigenvalue weighted by molar-refractivity contribution is -0.120. The monoisotopic (exact) mass is 376 g/mol. The van der Waals surface area contributed by atoms with Crippen molar-refractivity contribution in [3.63, 3.8) is 0 Å². The molecule has 4 heteroatoms. The molecule has 28 heavy (non-hydrogen) atoms. The summed E-state index contributed by atoms with van der Waals surface area (Å²) in [5.74, 6) is -0.286. The van der Waals surface area contributed by atoms with Gasteiger partial charge in [0.15, 0.2) is 0 Å². The SMILES string of the molecule is CN(C)[C@H](CNC(=O)Cc1ccc(-c2ccccc2)cc1)c1ccc(F)cc1. The van der Waals surface area contributed by atoms with Crippen LogP contribution in [-0.4, -0.2) is 31.4 Å². The summed E-state index contributed by atoms with van der Waals surface area (Å²) in [5, 5.41) is 3.00. The third kappa shape index (κ3) is 5.27. The van der Waals surface area contributed by atoms with Gasteiger partial charge in [-0.15, -0.1) is 0 Å². The minimum Gasteiger partial charge on any atom is -0.354 e. The third-order valence-corrected chi connectivity index (χ3v) is 4.80. The molecule has 0 aromatic heterocycles. The van der Waals surface area contributed by atoms with Gasteiger partial charge in [0.25, 0.3) is 0 Å². The Balaban J connectivity index is 1.58. The van der Waals surface area contributed by atoms with E-state index in [0.717, 1.165) is 22.3 Å². The topological polar surface area (TPSA) is 32.3 Å². The summed E-state index contributed by atoms with van der Waals surface area (Å²) in [5.41, 5.74) is 4.24. The highest BCUT2D eigenvalue weighted by Crippen LogP contribution is 2.20. The second-order valence-electron chi connectivity index (χ2n) is 7.07. The summed E-state index contributed by atoms with van der Waals surface area (Å²) in [6, 6.07) is 24.6. The predicted molar refractivity (Wildman–Crippen MR) is 111 cm³/mol. The van der Waals surface area contributed by atoms with Crippen LogP contribution in [0.25, 0.3) is 11.1 Å².